The van der Waals surface area contributed by atoms with Crippen LogP contribution in [-0.4, -0.2) is 30.2 Å². The number of hydrogen-bond donors (Lipinski definition) is 2. The Morgan fingerprint density at radius 2 is 2.04 bits per heavy atom. The van der Waals surface area contributed by atoms with Gasteiger partial charge in [-0.15, -0.1) is 0 Å². The van der Waals surface area contributed by atoms with E-state index in [9.17, 15) is 13.2 Å². The minimum absolute atomic E-state index is 0.0560. The van der Waals surface area contributed by atoms with Crippen molar-refractivity contribution in [3.05, 3.63) is 42.0 Å². The van der Waals surface area contributed by atoms with Gasteiger partial charge in [0, 0.05) is 18.7 Å². The van der Waals surface area contributed by atoms with Gasteiger partial charge in [-0.25, -0.2) is 4.98 Å². The Morgan fingerprint density at radius 1 is 1.21 bits per heavy atom. The molecule has 0 unspecified atom stereocenters. The number of nitrogens with zero attached hydrogens (tertiary/aromatic N) is 2. The molecule has 1 aromatic carbocycles. The number of pyridine rings is 1. The second-order valence-corrected chi connectivity index (χ2v) is 6.15. The third kappa shape index (κ3) is 2.59. The van der Waals surface area contributed by atoms with Crippen LogP contribution in [0.1, 0.15) is 5.56 Å². The van der Waals surface area contributed by atoms with Gasteiger partial charge in [-0.05, 0) is 37.2 Å². The minimum Gasteiger partial charge on any atom is -0.364 e. The number of thiol groups is 1. The summed E-state index contributed by atoms with van der Waals surface area (Å²) in [4.78, 5) is 6.65. The topological polar surface area (TPSA) is 37.4 Å². The molecule has 2 aromatic rings. The highest BCUT2D eigenvalue weighted by Gasteiger charge is 2.39. The normalized spacial score (nSPS) is 22.2. The zero-order valence-electron chi connectivity index (χ0n) is 12.4. The summed E-state index contributed by atoms with van der Waals surface area (Å²) in [6.07, 6.45) is -4.43. The molecule has 2 bridgehead atoms. The van der Waals surface area contributed by atoms with E-state index in [-0.39, 0.29) is 12.1 Å². The van der Waals surface area contributed by atoms with Gasteiger partial charge in [0.15, 0.2) is 5.82 Å². The highest BCUT2D eigenvalue weighted by atomic mass is 32.1. The second-order valence-electron chi connectivity index (χ2n) is 5.94. The molecular weight excluding hydrogens is 339 g/mol. The minimum atomic E-state index is -4.37. The lowest BCUT2D eigenvalue weighted by molar-refractivity contribution is -0.137. The van der Waals surface area contributed by atoms with Crippen molar-refractivity contribution in [2.45, 2.75) is 18.3 Å². The summed E-state index contributed by atoms with van der Waals surface area (Å²) in [6, 6.07) is 8.88. The number of rotatable bonds is 2. The fourth-order valence-electron chi connectivity index (χ4n) is 3.22. The van der Waals surface area contributed by atoms with E-state index in [1.807, 2.05) is 6.07 Å². The maximum atomic E-state index is 12.9. The van der Waals surface area contributed by atoms with Crippen molar-refractivity contribution in [3.8, 4) is 11.3 Å². The number of fused-ring (bicyclic) bond motifs is 4. The first kappa shape index (κ1) is 15.6. The number of alkyl halides is 3. The summed E-state index contributed by atoms with van der Waals surface area (Å²) < 4.78 is 43.8. The predicted molar refractivity (Wildman–Crippen MR) is 88.2 cm³/mol. The molecule has 1 saturated heterocycles. The standard InChI is InChI=1S/C16H14F3N3OS/c17-16(18,19)10-3-1-2-9(6-10)11-4-5-13-15(20-11)21-12-7-22(13)8-14(12)23-24/h1-6,12,14,24H,7-8H2,(H,20,21)/t12-,14-/m1/s1. The molecule has 1 N–H and O–H groups in total. The van der Waals surface area contributed by atoms with Crippen molar-refractivity contribution >= 4 is 24.4 Å². The number of benzene rings is 1. The molecule has 2 aliphatic heterocycles. The van der Waals surface area contributed by atoms with Gasteiger partial charge in [0.1, 0.15) is 6.10 Å². The molecule has 1 aromatic heterocycles. The van der Waals surface area contributed by atoms with Crippen LogP contribution in [0.5, 0.6) is 0 Å². The molecule has 126 valence electrons. The second kappa shape index (κ2) is 5.56. The van der Waals surface area contributed by atoms with E-state index in [4.69, 9.17) is 4.18 Å². The number of hydrogen-bond acceptors (Lipinski definition) is 5. The van der Waals surface area contributed by atoms with Gasteiger partial charge in [-0.3, -0.25) is 0 Å². The Bertz CT molecular complexity index is 783. The fraction of sp³-hybridized carbons (Fsp3) is 0.312. The van der Waals surface area contributed by atoms with Crippen LogP contribution in [0.4, 0.5) is 24.7 Å². The first-order chi connectivity index (χ1) is 11.5. The summed E-state index contributed by atoms with van der Waals surface area (Å²) in [5.41, 5.74) is 1.18. The quantitative estimate of drug-likeness (QED) is 0.639. The van der Waals surface area contributed by atoms with E-state index < -0.39 is 11.7 Å². The first-order valence-electron chi connectivity index (χ1n) is 7.46. The van der Waals surface area contributed by atoms with Gasteiger partial charge in [0.2, 0.25) is 0 Å². The van der Waals surface area contributed by atoms with Crippen LogP contribution < -0.4 is 10.2 Å². The number of aromatic nitrogens is 1. The lowest BCUT2D eigenvalue weighted by Crippen LogP contribution is -2.35. The fourth-order valence-corrected chi connectivity index (χ4v) is 3.43. The van der Waals surface area contributed by atoms with Crippen molar-refractivity contribution in [1.82, 2.24) is 4.98 Å². The Hall–Kier alpha value is -1.93. The van der Waals surface area contributed by atoms with Gasteiger partial charge in [0.25, 0.3) is 0 Å². The summed E-state index contributed by atoms with van der Waals surface area (Å²) in [5, 5.41) is 3.30. The highest BCUT2D eigenvalue weighted by Crippen LogP contribution is 2.38. The zero-order chi connectivity index (χ0) is 16.9. The average Bonchev–Trinajstić information content (AvgIpc) is 2.91. The molecule has 0 amide bonds. The predicted octanol–water partition coefficient (Wildman–Crippen LogP) is 3.61. The summed E-state index contributed by atoms with van der Waals surface area (Å²) in [5.74, 6) is 0.661. The molecule has 4 nitrogen and oxygen atoms in total. The van der Waals surface area contributed by atoms with E-state index in [0.717, 1.165) is 24.4 Å². The van der Waals surface area contributed by atoms with Crippen LogP contribution in [0, 0.1) is 0 Å². The molecule has 2 atom stereocenters. The van der Waals surface area contributed by atoms with Crippen LogP contribution in [0.2, 0.25) is 0 Å². The number of nitrogens with one attached hydrogen (secondary N) is 1. The maximum Gasteiger partial charge on any atom is 0.416 e. The highest BCUT2D eigenvalue weighted by molar-refractivity contribution is 7.75. The molecule has 8 heteroatoms. The van der Waals surface area contributed by atoms with Gasteiger partial charge >= 0.3 is 6.18 Å². The summed E-state index contributed by atoms with van der Waals surface area (Å²) in [7, 11) is 0. The van der Waals surface area contributed by atoms with Gasteiger partial charge in [0.05, 0.1) is 23.0 Å². The van der Waals surface area contributed by atoms with E-state index in [0.29, 0.717) is 23.6 Å². The van der Waals surface area contributed by atoms with Crippen molar-refractivity contribution in [3.63, 3.8) is 0 Å². The Kier molecular flexibility index (Phi) is 3.61. The van der Waals surface area contributed by atoms with Crippen molar-refractivity contribution < 1.29 is 17.4 Å². The lowest BCUT2D eigenvalue weighted by Gasteiger charge is -2.27. The van der Waals surface area contributed by atoms with Crippen molar-refractivity contribution in [2.24, 2.45) is 0 Å². The van der Waals surface area contributed by atoms with Gasteiger partial charge < -0.3 is 14.4 Å². The molecule has 2 aliphatic rings. The van der Waals surface area contributed by atoms with E-state index >= 15 is 0 Å². The van der Waals surface area contributed by atoms with Gasteiger partial charge in [-0.2, -0.15) is 13.2 Å². The number of halogens is 3. The number of anilines is 2. The molecule has 0 radical (unpaired) electrons. The van der Waals surface area contributed by atoms with Crippen LogP contribution in [0.15, 0.2) is 36.4 Å². The van der Waals surface area contributed by atoms with E-state index in [1.165, 1.54) is 6.07 Å². The molecule has 0 aliphatic carbocycles. The smallest absolute Gasteiger partial charge is 0.364 e. The largest absolute Gasteiger partial charge is 0.416 e. The molecule has 0 spiro atoms. The summed E-state index contributed by atoms with van der Waals surface area (Å²) >= 11 is 3.90. The maximum absolute atomic E-state index is 12.9. The van der Waals surface area contributed by atoms with Crippen LogP contribution in [-0.2, 0) is 10.4 Å². The zero-order valence-corrected chi connectivity index (χ0v) is 13.3. The Morgan fingerprint density at radius 3 is 2.79 bits per heavy atom. The third-order valence-electron chi connectivity index (χ3n) is 4.42. The lowest BCUT2D eigenvalue weighted by atomic mass is 10.1. The van der Waals surface area contributed by atoms with Crippen molar-refractivity contribution in [2.75, 3.05) is 23.3 Å². The van der Waals surface area contributed by atoms with Crippen LogP contribution in [0.25, 0.3) is 11.3 Å². The molecule has 0 saturated carbocycles. The van der Waals surface area contributed by atoms with E-state index in [2.05, 4.69) is 28.1 Å². The third-order valence-corrected chi connectivity index (χ3v) is 4.69. The monoisotopic (exact) mass is 353 g/mol. The first-order valence-corrected chi connectivity index (χ1v) is 7.82. The molecule has 24 heavy (non-hydrogen) atoms. The molecule has 1 fully saturated rings. The average molecular weight is 353 g/mol. The molecular formula is C16H14F3N3OS. The molecule has 4 rings (SSSR count). The van der Waals surface area contributed by atoms with Gasteiger partial charge in [-0.1, -0.05) is 12.1 Å². The van der Waals surface area contributed by atoms with E-state index in [1.54, 1.807) is 12.1 Å². The SMILES string of the molecule is FC(F)(F)c1cccc(-c2ccc3c(n2)N[C@@H]2CN3C[C@H]2OS)c1. The Balaban J connectivity index is 1.70. The van der Waals surface area contributed by atoms with Crippen LogP contribution >= 0.6 is 12.9 Å². The summed E-state index contributed by atoms with van der Waals surface area (Å²) in [6.45, 7) is 1.50. The van der Waals surface area contributed by atoms with Crippen molar-refractivity contribution in [1.29, 1.82) is 0 Å². The van der Waals surface area contributed by atoms with Crippen LogP contribution in [0.3, 0.4) is 0 Å². The Labute approximate surface area is 142 Å². The molecule has 3 heterocycles.